The molecule has 0 bridgehead atoms. The molecule has 4 N–H and O–H groups in total. The average Bonchev–Trinajstić information content (AvgIpc) is 2.81. The van der Waals surface area contributed by atoms with Gasteiger partial charge >= 0.3 is 0 Å². The molecule has 0 aliphatic heterocycles. The Hall–Kier alpha value is -2.31. The van der Waals surface area contributed by atoms with Crippen molar-refractivity contribution < 1.29 is 0 Å². The standard InChI is InChI=1S/C24H33N5S/c1-26-30-15-14-29-24-10-9-21(20-7-3-2-4-8-20)16-22(24)23(25)11-13-28-18-19-6-5-12-27-17-19/h5-6,9-13,16-17,20,26,29H,2-4,7-8,14-15,18,25H2,1H3/b23-11-,28-13?. The van der Waals surface area contributed by atoms with Crippen molar-refractivity contribution in [3.8, 4) is 0 Å². The Morgan fingerprint density at radius 3 is 2.90 bits per heavy atom. The van der Waals surface area contributed by atoms with Crippen LogP contribution in [-0.2, 0) is 6.54 Å². The van der Waals surface area contributed by atoms with E-state index in [0.29, 0.717) is 12.5 Å². The van der Waals surface area contributed by atoms with Crippen LogP contribution >= 0.6 is 11.9 Å². The molecule has 3 rings (SSSR count). The van der Waals surface area contributed by atoms with Gasteiger partial charge in [-0.2, -0.15) is 0 Å². The van der Waals surface area contributed by atoms with Crippen LogP contribution in [0.3, 0.4) is 0 Å². The highest BCUT2D eigenvalue weighted by Crippen LogP contribution is 2.35. The Labute approximate surface area is 184 Å². The first-order valence-corrected chi connectivity index (χ1v) is 11.8. The van der Waals surface area contributed by atoms with Gasteiger partial charge in [0.15, 0.2) is 0 Å². The molecule has 1 fully saturated rings. The van der Waals surface area contributed by atoms with Crippen LogP contribution in [0.4, 0.5) is 5.69 Å². The molecule has 0 unspecified atom stereocenters. The smallest absolute Gasteiger partial charge is 0.0654 e. The lowest BCUT2D eigenvalue weighted by atomic mass is 9.83. The van der Waals surface area contributed by atoms with Gasteiger partial charge in [0.05, 0.1) is 6.54 Å². The van der Waals surface area contributed by atoms with E-state index in [-0.39, 0.29) is 0 Å². The van der Waals surface area contributed by atoms with Crippen LogP contribution in [0.25, 0.3) is 5.70 Å². The highest BCUT2D eigenvalue weighted by atomic mass is 32.2. The van der Waals surface area contributed by atoms with Gasteiger partial charge in [-0.3, -0.25) is 14.7 Å². The summed E-state index contributed by atoms with van der Waals surface area (Å²) in [6.07, 6.45) is 13.9. The molecule has 0 radical (unpaired) electrons. The fraction of sp³-hybridized carbons (Fsp3) is 0.417. The van der Waals surface area contributed by atoms with Gasteiger partial charge in [0.1, 0.15) is 0 Å². The van der Waals surface area contributed by atoms with E-state index in [9.17, 15) is 0 Å². The predicted molar refractivity (Wildman–Crippen MR) is 131 cm³/mol. The zero-order chi connectivity index (χ0) is 21.0. The molecular weight excluding hydrogens is 390 g/mol. The van der Waals surface area contributed by atoms with Crippen molar-refractivity contribution in [2.45, 2.75) is 44.6 Å². The van der Waals surface area contributed by atoms with Crippen molar-refractivity contribution in [1.29, 1.82) is 0 Å². The minimum absolute atomic E-state index is 0.603. The van der Waals surface area contributed by atoms with E-state index >= 15 is 0 Å². The van der Waals surface area contributed by atoms with Crippen molar-refractivity contribution in [3.63, 3.8) is 0 Å². The Morgan fingerprint density at radius 2 is 2.13 bits per heavy atom. The molecule has 1 aliphatic carbocycles. The summed E-state index contributed by atoms with van der Waals surface area (Å²) < 4.78 is 3.11. The topological polar surface area (TPSA) is 75.3 Å². The quantitative estimate of drug-likeness (QED) is 0.285. The number of hydrogen-bond donors (Lipinski definition) is 3. The van der Waals surface area contributed by atoms with Crippen molar-refractivity contribution in [3.05, 3.63) is 65.5 Å². The van der Waals surface area contributed by atoms with E-state index in [1.807, 2.05) is 31.5 Å². The van der Waals surface area contributed by atoms with Crippen molar-refractivity contribution in [2.24, 2.45) is 10.7 Å². The first-order valence-electron chi connectivity index (χ1n) is 10.8. The van der Waals surface area contributed by atoms with Gasteiger partial charge in [-0.1, -0.05) is 43.3 Å². The third kappa shape index (κ3) is 6.89. The second-order valence-corrected chi connectivity index (χ2v) is 8.70. The van der Waals surface area contributed by atoms with E-state index in [4.69, 9.17) is 5.73 Å². The Bertz CT molecular complexity index is 829. The second kappa shape index (κ2) is 12.4. The fourth-order valence-electron chi connectivity index (χ4n) is 3.86. The number of allylic oxidation sites excluding steroid dienone is 1. The predicted octanol–water partition coefficient (Wildman–Crippen LogP) is 4.98. The maximum absolute atomic E-state index is 6.50. The molecule has 160 valence electrons. The summed E-state index contributed by atoms with van der Waals surface area (Å²) >= 11 is 1.70. The molecule has 1 aliphatic rings. The van der Waals surface area contributed by atoms with E-state index in [0.717, 1.165) is 34.8 Å². The molecule has 5 nitrogen and oxygen atoms in total. The van der Waals surface area contributed by atoms with Gasteiger partial charge in [-0.15, -0.1) is 0 Å². The molecule has 1 aromatic carbocycles. The summed E-state index contributed by atoms with van der Waals surface area (Å²) in [5, 5.41) is 3.54. The van der Waals surface area contributed by atoms with Gasteiger partial charge in [-0.05, 0) is 61.2 Å². The lowest BCUT2D eigenvalue weighted by molar-refractivity contribution is 0.443. The molecule has 30 heavy (non-hydrogen) atoms. The first-order chi connectivity index (χ1) is 14.8. The maximum Gasteiger partial charge on any atom is 0.0654 e. The number of nitrogens with one attached hydrogen (secondary N) is 2. The van der Waals surface area contributed by atoms with E-state index < -0.39 is 0 Å². The molecule has 6 heteroatoms. The number of pyridine rings is 1. The lowest BCUT2D eigenvalue weighted by Gasteiger charge is -2.23. The minimum Gasteiger partial charge on any atom is -0.398 e. The third-order valence-corrected chi connectivity index (χ3v) is 6.15. The summed E-state index contributed by atoms with van der Waals surface area (Å²) in [5.74, 6) is 1.63. The molecule has 2 aromatic rings. The average molecular weight is 424 g/mol. The van der Waals surface area contributed by atoms with Crippen LogP contribution in [-0.4, -0.2) is 30.5 Å². The van der Waals surface area contributed by atoms with Crippen LogP contribution in [0.2, 0.25) is 0 Å². The Kier molecular flexibility index (Phi) is 9.25. The van der Waals surface area contributed by atoms with Gasteiger partial charge in [0.2, 0.25) is 0 Å². The molecule has 0 saturated heterocycles. The number of nitrogens with zero attached hydrogens (tertiary/aromatic N) is 2. The highest BCUT2D eigenvalue weighted by Gasteiger charge is 2.17. The number of rotatable bonds is 10. The van der Waals surface area contributed by atoms with Gasteiger partial charge in [0.25, 0.3) is 0 Å². The van der Waals surface area contributed by atoms with Crippen LogP contribution in [0.15, 0.2) is 53.8 Å². The summed E-state index contributed by atoms with van der Waals surface area (Å²) in [6, 6.07) is 10.7. The summed E-state index contributed by atoms with van der Waals surface area (Å²) in [5.41, 5.74) is 11.9. The van der Waals surface area contributed by atoms with Crippen LogP contribution in [0.1, 0.15) is 54.7 Å². The van der Waals surface area contributed by atoms with E-state index in [1.165, 1.54) is 37.7 Å². The first kappa shape index (κ1) is 22.4. The molecule has 1 heterocycles. The molecule has 1 saturated carbocycles. The third-order valence-electron chi connectivity index (χ3n) is 5.45. The summed E-state index contributed by atoms with van der Waals surface area (Å²) in [6.45, 7) is 1.48. The molecule has 1 aromatic heterocycles. The minimum atomic E-state index is 0.603. The second-order valence-electron chi connectivity index (χ2n) is 7.59. The number of anilines is 1. The zero-order valence-corrected chi connectivity index (χ0v) is 18.6. The maximum atomic E-state index is 6.50. The van der Waals surface area contributed by atoms with Gasteiger partial charge in [-0.25, -0.2) is 0 Å². The largest absolute Gasteiger partial charge is 0.398 e. The summed E-state index contributed by atoms with van der Waals surface area (Å²) in [4.78, 5) is 8.61. The van der Waals surface area contributed by atoms with E-state index in [1.54, 1.807) is 24.4 Å². The molecule has 0 atom stereocenters. The fourth-order valence-corrected chi connectivity index (χ4v) is 4.26. The highest BCUT2D eigenvalue weighted by molar-refractivity contribution is 7.97. The number of nitrogens with two attached hydrogens (primary N) is 1. The van der Waals surface area contributed by atoms with Crippen molar-refractivity contribution >= 4 is 29.5 Å². The van der Waals surface area contributed by atoms with Crippen molar-refractivity contribution in [1.82, 2.24) is 9.71 Å². The van der Waals surface area contributed by atoms with Gasteiger partial charge in [0, 0.05) is 47.9 Å². The Balaban J connectivity index is 1.74. The van der Waals surface area contributed by atoms with Crippen LogP contribution in [0, 0.1) is 0 Å². The monoisotopic (exact) mass is 423 g/mol. The van der Waals surface area contributed by atoms with Crippen LogP contribution in [0.5, 0.6) is 0 Å². The van der Waals surface area contributed by atoms with Crippen LogP contribution < -0.4 is 15.8 Å². The number of hydrogen-bond acceptors (Lipinski definition) is 6. The molecular formula is C24H33N5S. The van der Waals surface area contributed by atoms with Gasteiger partial charge < -0.3 is 11.1 Å². The Morgan fingerprint density at radius 1 is 1.27 bits per heavy atom. The number of aromatic nitrogens is 1. The number of aliphatic imine (C=N–C) groups is 1. The molecule has 0 spiro atoms. The SMILES string of the molecule is CNSCCNc1ccc(C2CCCCC2)cc1/C(N)=C/C=NCc1cccnc1. The lowest BCUT2D eigenvalue weighted by Crippen LogP contribution is -2.11. The number of benzene rings is 1. The normalized spacial score (nSPS) is 15.6. The summed E-state index contributed by atoms with van der Waals surface area (Å²) in [7, 11) is 1.95. The van der Waals surface area contributed by atoms with Crippen molar-refractivity contribution in [2.75, 3.05) is 24.7 Å². The molecule has 0 amide bonds. The van der Waals surface area contributed by atoms with E-state index in [2.05, 4.69) is 38.2 Å². The zero-order valence-electron chi connectivity index (χ0n) is 17.8.